The molecule has 0 bridgehead atoms. The molecule has 3 heterocycles. The standard InChI is InChI=1S/C17H17F2N5OS/c1-9-7-17(2,24-16(20)26-9)13-6-11(3-4-21-13)23-15(25)14-12(19)5-10(18)8-22-14/h3-6,8-9H,7H2,1-2H3,(H2,20,24)(H,21,23,25)/t9-,17?/m1/s1. The Hall–Kier alpha value is -2.55. The summed E-state index contributed by atoms with van der Waals surface area (Å²) >= 11 is 1.50. The first-order chi connectivity index (χ1) is 12.3. The highest BCUT2D eigenvalue weighted by Crippen LogP contribution is 2.38. The largest absolute Gasteiger partial charge is 0.379 e. The molecule has 3 rings (SSSR count). The number of amidine groups is 1. The predicted molar refractivity (Wildman–Crippen MR) is 97.0 cm³/mol. The van der Waals surface area contributed by atoms with Gasteiger partial charge in [-0.1, -0.05) is 18.7 Å². The summed E-state index contributed by atoms with van der Waals surface area (Å²) in [6.45, 7) is 3.98. The second-order valence-electron chi connectivity index (χ2n) is 6.22. The highest BCUT2D eigenvalue weighted by Gasteiger charge is 2.34. The van der Waals surface area contributed by atoms with Crippen molar-refractivity contribution in [2.45, 2.75) is 31.1 Å². The third-order valence-corrected chi connectivity index (χ3v) is 4.86. The number of anilines is 1. The monoisotopic (exact) mass is 377 g/mol. The van der Waals surface area contributed by atoms with Crippen LogP contribution in [-0.4, -0.2) is 26.3 Å². The van der Waals surface area contributed by atoms with Crippen LogP contribution in [0.1, 0.15) is 36.5 Å². The first-order valence-corrected chi connectivity index (χ1v) is 8.76. The van der Waals surface area contributed by atoms with Gasteiger partial charge in [0.05, 0.1) is 11.9 Å². The summed E-state index contributed by atoms with van der Waals surface area (Å²) in [6, 6.07) is 3.85. The number of hydrogen-bond acceptors (Lipinski definition) is 6. The van der Waals surface area contributed by atoms with Crippen LogP contribution >= 0.6 is 11.8 Å². The van der Waals surface area contributed by atoms with Crippen LogP contribution in [0.15, 0.2) is 35.6 Å². The van der Waals surface area contributed by atoms with Gasteiger partial charge in [0.25, 0.3) is 5.91 Å². The van der Waals surface area contributed by atoms with Gasteiger partial charge in [-0.15, -0.1) is 0 Å². The number of hydrogen-bond donors (Lipinski definition) is 2. The van der Waals surface area contributed by atoms with Crippen LogP contribution in [0.25, 0.3) is 0 Å². The third kappa shape index (κ3) is 3.82. The number of amides is 1. The molecule has 1 aliphatic heterocycles. The molecule has 0 saturated carbocycles. The van der Waals surface area contributed by atoms with Crippen molar-refractivity contribution >= 4 is 28.5 Å². The Morgan fingerprint density at radius 1 is 1.38 bits per heavy atom. The Morgan fingerprint density at radius 2 is 2.15 bits per heavy atom. The molecular weight excluding hydrogens is 360 g/mol. The smallest absolute Gasteiger partial charge is 0.277 e. The molecule has 0 radical (unpaired) electrons. The van der Waals surface area contributed by atoms with E-state index in [-0.39, 0.29) is 5.25 Å². The Morgan fingerprint density at radius 3 is 2.85 bits per heavy atom. The van der Waals surface area contributed by atoms with Crippen LogP contribution in [0.2, 0.25) is 0 Å². The number of carbonyl (C=O) groups excluding carboxylic acids is 1. The Kier molecular flexibility index (Phi) is 4.90. The molecule has 0 fully saturated rings. The number of halogens is 2. The van der Waals surface area contributed by atoms with Gasteiger partial charge in [-0.3, -0.25) is 9.78 Å². The van der Waals surface area contributed by atoms with Gasteiger partial charge in [0.1, 0.15) is 11.4 Å². The predicted octanol–water partition coefficient (Wildman–Crippen LogP) is 3.06. The SMILES string of the molecule is C[C@@H]1CC(C)(c2cc(NC(=O)c3ncc(F)cc3F)ccn2)N=C(N)S1. The lowest BCUT2D eigenvalue weighted by atomic mass is 9.91. The highest BCUT2D eigenvalue weighted by molar-refractivity contribution is 8.14. The first kappa shape index (κ1) is 18.2. The molecule has 0 spiro atoms. The summed E-state index contributed by atoms with van der Waals surface area (Å²) < 4.78 is 26.6. The molecule has 6 nitrogen and oxygen atoms in total. The molecular formula is C17H17F2N5OS. The van der Waals surface area contributed by atoms with Crippen molar-refractivity contribution in [3.8, 4) is 0 Å². The number of nitrogens with two attached hydrogens (primary N) is 1. The molecule has 3 N–H and O–H groups in total. The van der Waals surface area contributed by atoms with Crippen molar-refractivity contribution in [2.24, 2.45) is 10.7 Å². The molecule has 2 aromatic rings. The van der Waals surface area contributed by atoms with Crippen molar-refractivity contribution in [2.75, 3.05) is 5.32 Å². The van der Waals surface area contributed by atoms with E-state index in [9.17, 15) is 13.6 Å². The Labute approximate surface area is 153 Å². The molecule has 1 unspecified atom stereocenters. The molecule has 0 aromatic carbocycles. The maximum absolute atomic E-state index is 13.7. The number of aromatic nitrogens is 2. The molecule has 9 heteroatoms. The van der Waals surface area contributed by atoms with E-state index in [1.54, 1.807) is 12.1 Å². The lowest BCUT2D eigenvalue weighted by molar-refractivity contribution is 0.101. The fourth-order valence-electron chi connectivity index (χ4n) is 2.86. The van der Waals surface area contributed by atoms with E-state index in [2.05, 4.69) is 27.2 Å². The molecule has 0 aliphatic carbocycles. The number of aliphatic imine (C=N–C) groups is 1. The number of nitrogens with zero attached hydrogens (tertiary/aromatic N) is 3. The van der Waals surface area contributed by atoms with Crippen LogP contribution < -0.4 is 11.1 Å². The summed E-state index contributed by atoms with van der Waals surface area (Å²) in [5.41, 5.74) is 5.84. The van der Waals surface area contributed by atoms with Gasteiger partial charge >= 0.3 is 0 Å². The maximum Gasteiger partial charge on any atom is 0.277 e. The molecule has 136 valence electrons. The van der Waals surface area contributed by atoms with Gasteiger partial charge < -0.3 is 11.1 Å². The minimum atomic E-state index is -1.03. The fourth-order valence-corrected chi connectivity index (χ4v) is 3.93. The van der Waals surface area contributed by atoms with Crippen LogP contribution in [0.5, 0.6) is 0 Å². The number of carbonyl (C=O) groups is 1. The van der Waals surface area contributed by atoms with Crippen LogP contribution in [-0.2, 0) is 5.54 Å². The number of nitrogens with one attached hydrogen (secondary N) is 1. The highest BCUT2D eigenvalue weighted by atomic mass is 32.2. The van der Waals surface area contributed by atoms with E-state index < -0.39 is 28.8 Å². The average Bonchev–Trinajstić information content (AvgIpc) is 2.53. The average molecular weight is 377 g/mol. The van der Waals surface area contributed by atoms with Gasteiger partial charge in [0.2, 0.25) is 0 Å². The summed E-state index contributed by atoms with van der Waals surface area (Å²) in [7, 11) is 0. The fraction of sp³-hybridized carbons (Fsp3) is 0.294. The molecule has 1 aliphatic rings. The normalized spacial score (nSPS) is 22.6. The topological polar surface area (TPSA) is 93.3 Å². The van der Waals surface area contributed by atoms with Crippen molar-refractivity contribution in [3.63, 3.8) is 0 Å². The third-order valence-electron chi connectivity index (χ3n) is 3.96. The van der Waals surface area contributed by atoms with E-state index in [1.165, 1.54) is 18.0 Å². The second kappa shape index (κ2) is 6.99. The van der Waals surface area contributed by atoms with E-state index in [0.717, 1.165) is 12.6 Å². The van der Waals surface area contributed by atoms with E-state index >= 15 is 0 Å². The van der Waals surface area contributed by atoms with Gasteiger partial charge in [0.15, 0.2) is 16.7 Å². The number of pyridine rings is 2. The molecule has 2 atom stereocenters. The van der Waals surface area contributed by atoms with Crippen LogP contribution in [0, 0.1) is 11.6 Å². The van der Waals surface area contributed by atoms with Crippen molar-refractivity contribution in [1.82, 2.24) is 9.97 Å². The van der Waals surface area contributed by atoms with Gasteiger partial charge in [-0.25, -0.2) is 18.8 Å². The Balaban J connectivity index is 1.86. The summed E-state index contributed by atoms with van der Waals surface area (Å²) in [4.78, 5) is 24.6. The molecule has 2 aromatic heterocycles. The van der Waals surface area contributed by atoms with Gasteiger partial charge in [0, 0.05) is 23.2 Å². The quantitative estimate of drug-likeness (QED) is 0.857. The lowest BCUT2D eigenvalue weighted by Gasteiger charge is -2.32. The van der Waals surface area contributed by atoms with E-state index in [1.807, 2.05) is 6.92 Å². The van der Waals surface area contributed by atoms with E-state index in [0.29, 0.717) is 22.6 Å². The van der Waals surface area contributed by atoms with E-state index in [4.69, 9.17) is 5.73 Å². The zero-order chi connectivity index (χ0) is 18.9. The van der Waals surface area contributed by atoms with Gasteiger partial charge in [-0.05, 0) is 25.5 Å². The zero-order valence-electron chi connectivity index (χ0n) is 14.2. The summed E-state index contributed by atoms with van der Waals surface area (Å²) in [5, 5.41) is 3.31. The minimum absolute atomic E-state index is 0.273. The molecule has 0 saturated heterocycles. The van der Waals surface area contributed by atoms with Crippen LogP contribution in [0.3, 0.4) is 0 Å². The van der Waals surface area contributed by atoms with Crippen molar-refractivity contribution < 1.29 is 13.6 Å². The Bertz CT molecular complexity index is 891. The van der Waals surface area contributed by atoms with Crippen LogP contribution in [0.4, 0.5) is 14.5 Å². The van der Waals surface area contributed by atoms with Crippen molar-refractivity contribution in [3.05, 3.63) is 53.6 Å². The van der Waals surface area contributed by atoms with Gasteiger partial charge in [-0.2, -0.15) is 0 Å². The molecule has 26 heavy (non-hydrogen) atoms. The zero-order valence-corrected chi connectivity index (χ0v) is 15.0. The minimum Gasteiger partial charge on any atom is -0.379 e. The summed E-state index contributed by atoms with van der Waals surface area (Å²) in [6.07, 6.45) is 3.05. The van der Waals surface area contributed by atoms with Crippen molar-refractivity contribution in [1.29, 1.82) is 0 Å². The lowest BCUT2D eigenvalue weighted by Crippen LogP contribution is -2.33. The summed E-state index contributed by atoms with van der Waals surface area (Å²) in [5.74, 6) is -2.66. The second-order valence-corrected chi connectivity index (χ2v) is 7.68. The number of thioether (sulfide) groups is 1. The number of rotatable bonds is 3. The molecule has 1 amide bonds. The first-order valence-electron chi connectivity index (χ1n) is 7.88. The maximum atomic E-state index is 13.7.